The van der Waals surface area contributed by atoms with E-state index < -0.39 is 11.8 Å². The summed E-state index contributed by atoms with van der Waals surface area (Å²) < 4.78 is 5.18. The van der Waals surface area contributed by atoms with Gasteiger partial charge in [0, 0.05) is 24.5 Å². The quantitative estimate of drug-likeness (QED) is 0.544. The Morgan fingerprint density at radius 1 is 0.939 bits per heavy atom. The van der Waals surface area contributed by atoms with Crippen molar-refractivity contribution in [2.24, 2.45) is 0 Å². The molecule has 8 nitrogen and oxygen atoms in total. The Morgan fingerprint density at radius 3 is 2.24 bits per heavy atom. The number of nitrogens with one attached hydrogen (secondary N) is 2. The highest BCUT2D eigenvalue weighted by Crippen LogP contribution is 2.32. The summed E-state index contributed by atoms with van der Waals surface area (Å²) in [5.41, 5.74) is 2.82. The summed E-state index contributed by atoms with van der Waals surface area (Å²) in [5.74, 6) is -0.386. The van der Waals surface area contributed by atoms with Gasteiger partial charge >= 0.3 is 0 Å². The molecule has 0 aliphatic carbocycles. The molecule has 1 aliphatic rings. The Balaban J connectivity index is 1.70. The van der Waals surface area contributed by atoms with E-state index >= 15 is 0 Å². The van der Waals surface area contributed by atoms with Gasteiger partial charge in [0.1, 0.15) is 11.4 Å². The summed E-state index contributed by atoms with van der Waals surface area (Å²) in [6, 6.07) is 19.2. The molecule has 0 fully saturated rings. The fraction of sp³-hybridized carbons (Fsp3) is 0.120. The van der Waals surface area contributed by atoms with Gasteiger partial charge in [-0.2, -0.15) is 0 Å². The Bertz CT molecular complexity index is 1220. The van der Waals surface area contributed by atoms with Gasteiger partial charge in [-0.25, -0.2) is 0 Å². The molecular formula is C25H22N4O4. The summed E-state index contributed by atoms with van der Waals surface area (Å²) in [5, 5.41) is 5.80. The number of methoxy groups -OCH3 is 1. The molecule has 3 aromatic rings. The van der Waals surface area contributed by atoms with Crippen LogP contribution < -0.4 is 15.4 Å². The van der Waals surface area contributed by atoms with Crippen molar-refractivity contribution in [3.8, 4) is 5.75 Å². The van der Waals surface area contributed by atoms with E-state index in [0.29, 0.717) is 28.4 Å². The highest BCUT2D eigenvalue weighted by atomic mass is 16.5. The number of imide groups is 1. The Morgan fingerprint density at radius 2 is 1.64 bits per heavy atom. The van der Waals surface area contributed by atoms with E-state index in [-0.39, 0.29) is 23.7 Å². The average Bonchev–Trinajstić information content (AvgIpc) is 3.05. The van der Waals surface area contributed by atoms with Crippen LogP contribution in [0.15, 0.2) is 78.6 Å². The van der Waals surface area contributed by atoms with Crippen LogP contribution in [0.2, 0.25) is 0 Å². The number of ether oxygens (including phenoxy) is 1. The highest BCUT2D eigenvalue weighted by Gasteiger charge is 2.39. The third kappa shape index (κ3) is 4.74. The van der Waals surface area contributed by atoms with Gasteiger partial charge in [0.2, 0.25) is 5.91 Å². The zero-order chi connectivity index (χ0) is 23.4. The Kier molecular flexibility index (Phi) is 6.17. The number of benzene rings is 2. The second kappa shape index (κ2) is 9.35. The van der Waals surface area contributed by atoms with Gasteiger partial charge < -0.3 is 15.4 Å². The molecule has 33 heavy (non-hydrogen) atoms. The molecule has 0 atom stereocenters. The maximum absolute atomic E-state index is 13.4. The third-order valence-electron chi connectivity index (χ3n) is 5.07. The van der Waals surface area contributed by atoms with Crippen molar-refractivity contribution in [1.29, 1.82) is 0 Å². The summed E-state index contributed by atoms with van der Waals surface area (Å²) in [4.78, 5) is 43.4. The van der Waals surface area contributed by atoms with Crippen LogP contribution in [-0.2, 0) is 20.9 Å². The van der Waals surface area contributed by atoms with Gasteiger partial charge in [-0.05, 0) is 54.1 Å². The second-order valence-electron chi connectivity index (χ2n) is 7.38. The lowest BCUT2D eigenvalue weighted by Gasteiger charge is -2.15. The predicted molar refractivity (Wildman–Crippen MR) is 124 cm³/mol. The van der Waals surface area contributed by atoms with Crippen LogP contribution >= 0.6 is 0 Å². The monoisotopic (exact) mass is 442 g/mol. The molecular weight excluding hydrogens is 420 g/mol. The van der Waals surface area contributed by atoms with E-state index in [1.54, 1.807) is 80.0 Å². The molecule has 1 aliphatic heterocycles. The number of aromatic nitrogens is 1. The van der Waals surface area contributed by atoms with Gasteiger partial charge in [0.15, 0.2) is 0 Å². The number of rotatable bonds is 7. The fourth-order valence-corrected chi connectivity index (χ4v) is 3.50. The second-order valence-corrected chi connectivity index (χ2v) is 7.38. The van der Waals surface area contributed by atoms with Crippen LogP contribution in [0.1, 0.15) is 18.2 Å². The SMILES string of the molecule is COc1ccc(NC2=C(c3ccc(NC(C)=O)cc3)C(=O)N(Cc3ccccn3)C2=O)cc1. The van der Waals surface area contributed by atoms with Gasteiger partial charge in [-0.15, -0.1) is 0 Å². The molecule has 0 saturated heterocycles. The zero-order valence-corrected chi connectivity index (χ0v) is 18.2. The molecule has 2 N–H and O–H groups in total. The van der Waals surface area contributed by atoms with Gasteiger partial charge in [0.05, 0.1) is 24.9 Å². The zero-order valence-electron chi connectivity index (χ0n) is 18.2. The third-order valence-corrected chi connectivity index (χ3v) is 5.07. The predicted octanol–water partition coefficient (Wildman–Crippen LogP) is 3.44. The van der Waals surface area contributed by atoms with E-state index in [9.17, 15) is 14.4 Å². The van der Waals surface area contributed by atoms with Crippen molar-refractivity contribution in [1.82, 2.24) is 9.88 Å². The van der Waals surface area contributed by atoms with Crippen LogP contribution in [0.3, 0.4) is 0 Å². The minimum absolute atomic E-state index is 0.0553. The lowest BCUT2D eigenvalue weighted by Crippen LogP contribution is -2.32. The van der Waals surface area contributed by atoms with Crippen LogP contribution in [0.5, 0.6) is 5.75 Å². The first-order valence-electron chi connectivity index (χ1n) is 10.3. The molecule has 2 aromatic carbocycles. The normalized spacial score (nSPS) is 13.3. The number of amides is 3. The van der Waals surface area contributed by atoms with Crippen molar-refractivity contribution in [3.05, 3.63) is 89.9 Å². The first-order valence-corrected chi connectivity index (χ1v) is 10.3. The number of carbonyl (C=O) groups excluding carboxylic acids is 3. The number of pyridine rings is 1. The van der Waals surface area contributed by atoms with Crippen molar-refractivity contribution < 1.29 is 19.1 Å². The van der Waals surface area contributed by atoms with Gasteiger partial charge in [-0.1, -0.05) is 18.2 Å². The lowest BCUT2D eigenvalue weighted by molar-refractivity contribution is -0.137. The fourth-order valence-electron chi connectivity index (χ4n) is 3.50. The maximum atomic E-state index is 13.4. The summed E-state index contributed by atoms with van der Waals surface area (Å²) in [6.45, 7) is 1.47. The standard InChI is InChI=1S/C25H22N4O4/c1-16(30)27-18-8-6-17(7-9-18)22-23(28-19-10-12-21(33-2)13-11-19)25(32)29(24(22)31)15-20-5-3-4-14-26-20/h3-14,28H,15H2,1-2H3,(H,27,30). The Hall–Kier alpha value is -4.46. The molecule has 0 unspecified atom stereocenters. The van der Waals surface area contributed by atoms with E-state index in [2.05, 4.69) is 15.6 Å². The molecule has 0 spiro atoms. The summed E-state index contributed by atoms with van der Waals surface area (Å²) >= 11 is 0. The topological polar surface area (TPSA) is 101 Å². The Labute approximate surface area is 190 Å². The maximum Gasteiger partial charge on any atom is 0.278 e. The molecule has 0 bridgehead atoms. The van der Waals surface area contributed by atoms with Crippen LogP contribution in [0, 0.1) is 0 Å². The molecule has 0 radical (unpaired) electrons. The summed E-state index contributed by atoms with van der Waals surface area (Å²) in [6.07, 6.45) is 1.62. The lowest BCUT2D eigenvalue weighted by atomic mass is 10.0. The highest BCUT2D eigenvalue weighted by molar-refractivity contribution is 6.36. The average molecular weight is 442 g/mol. The van der Waals surface area contributed by atoms with E-state index in [1.165, 1.54) is 11.8 Å². The van der Waals surface area contributed by atoms with Crippen LogP contribution in [-0.4, -0.2) is 34.7 Å². The summed E-state index contributed by atoms with van der Waals surface area (Å²) in [7, 11) is 1.57. The van der Waals surface area contributed by atoms with E-state index in [4.69, 9.17) is 4.74 Å². The number of hydrogen-bond acceptors (Lipinski definition) is 6. The van der Waals surface area contributed by atoms with E-state index in [0.717, 1.165) is 0 Å². The molecule has 3 amide bonds. The number of nitrogens with zero attached hydrogens (tertiary/aromatic N) is 2. The minimum Gasteiger partial charge on any atom is -0.497 e. The van der Waals surface area contributed by atoms with Crippen LogP contribution in [0.25, 0.3) is 5.57 Å². The minimum atomic E-state index is -0.442. The number of carbonyl (C=O) groups is 3. The van der Waals surface area contributed by atoms with Gasteiger partial charge in [0.25, 0.3) is 11.8 Å². The van der Waals surface area contributed by atoms with Crippen molar-refractivity contribution >= 4 is 34.7 Å². The van der Waals surface area contributed by atoms with Crippen molar-refractivity contribution in [2.75, 3.05) is 17.7 Å². The number of anilines is 2. The molecule has 166 valence electrons. The van der Waals surface area contributed by atoms with E-state index in [1.807, 2.05) is 0 Å². The first-order chi connectivity index (χ1) is 16.0. The van der Waals surface area contributed by atoms with Crippen LogP contribution in [0.4, 0.5) is 11.4 Å². The largest absolute Gasteiger partial charge is 0.497 e. The van der Waals surface area contributed by atoms with Gasteiger partial charge in [-0.3, -0.25) is 24.3 Å². The smallest absolute Gasteiger partial charge is 0.278 e. The molecule has 2 heterocycles. The molecule has 0 saturated carbocycles. The molecule has 4 rings (SSSR count). The van der Waals surface area contributed by atoms with Crippen molar-refractivity contribution in [2.45, 2.75) is 13.5 Å². The first kappa shape index (κ1) is 21.8. The molecule has 8 heteroatoms. The number of hydrogen-bond donors (Lipinski definition) is 2. The molecule has 1 aromatic heterocycles. The van der Waals surface area contributed by atoms with Crippen molar-refractivity contribution in [3.63, 3.8) is 0 Å².